The Hall–Kier alpha value is -1.92. The molecule has 0 bridgehead atoms. The molecule has 0 aliphatic carbocycles. The molecule has 0 spiro atoms. The van der Waals surface area contributed by atoms with Crippen molar-refractivity contribution in [2.24, 2.45) is 0 Å². The molecule has 6 heteroatoms. The molecule has 1 rings (SSSR count). The number of ether oxygens (including phenoxy) is 1. The van der Waals surface area contributed by atoms with Crippen LogP contribution in [0.4, 0.5) is 0 Å². The predicted molar refractivity (Wildman–Crippen MR) is 120 cm³/mol. The molecule has 1 aromatic carbocycles. The number of hydrogen-bond donors (Lipinski definition) is 0. The van der Waals surface area contributed by atoms with E-state index < -0.39 is 25.2 Å². The van der Waals surface area contributed by atoms with Gasteiger partial charge < -0.3 is 29.0 Å². The molecule has 0 atom stereocenters. The number of nitrogens with zero attached hydrogens (tertiary/aromatic N) is 1. The zero-order valence-electron chi connectivity index (χ0n) is 19.8. The first-order valence-corrected chi connectivity index (χ1v) is 11.6. The molecule has 1 aromatic rings. The average molecular weight is 437 g/mol. The Labute approximate surface area is 188 Å². The largest absolute Gasteiger partial charge is 0.548 e. The lowest BCUT2D eigenvalue weighted by Crippen LogP contribution is -2.39. The van der Waals surface area contributed by atoms with Crippen molar-refractivity contribution in [3.63, 3.8) is 0 Å². The van der Waals surface area contributed by atoms with Crippen LogP contribution in [0.25, 0.3) is 0 Å². The van der Waals surface area contributed by atoms with Gasteiger partial charge in [0.15, 0.2) is 0 Å². The Kier molecular flexibility index (Phi) is 17.7. The minimum Gasteiger partial charge on any atom is -0.548 e. The molecule has 0 radical (unpaired) electrons. The van der Waals surface area contributed by atoms with Crippen molar-refractivity contribution in [3.05, 3.63) is 35.9 Å². The first-order chi connectivity index (χ1) is 14.8. The summed E-state index contributed by atoms with van der Waals surface area (Å²) in [5.74, 6) is -2.90. The fourth-order valence-corrected chi connectivity index (χ4v) is 3.40. The van der Waals surface area contributed by atoms with Gasteiger partial charge in [0.25, 0.3) is 0 Å². The normalized spacial score (nSPS) is 10.9. The van der Waals surface area contributed by atoms with Gasteiger partial charge in [0, 0.05) is 5.56 Å². The maximum absolute atomic E-state index is 9.53. The van der Waals surface area contributed by atoms with Gasteiger partial charge in [-0.25, -0.2) is 0 Å². The third kappa shape index (κ3) is 21.1. The molecule has 0 amide bonds. The van der Waals surface area contributed by atoms with Crippen molar-refractivity contribution >= 4 is 11.9 Å². The second kappa shape index (κ2) is 18.8. The van der Waals surface area contributed by atoms with Crippen LogP contribution in [-0.2, 0) is 20.9 Å². The van der Waals surface area contributed by atoms with Crippen LogP contribution in [0.5, 0.6) is 0 Å². The first kappa shape index (κ1) is 29.1. The van der Waals surface area contributed by atoms with E-state index in [0.717, 1.165) is 11.0 Å². The minimum absolute atomic E-state index is 0.714. The first-order valence-electron chi connectivity index (χ1n) is 11.6. The second-order valence-electron chi connectivity index (χ2n) is 8.72. The van der Waals surface area contributed by atoms with Gasteiger partial charge in [-0.1, -0.05) is 88.6 Å². The Morgan fingerprint density at radius 3 is 1.68 bits per heavy atom. The number of hydrogen-bond acceptors (Lipinski definition) is 5. The van der Waals surface area contributed by atoms with Crippen molar-refractivity contribution in [1.82, 2.24) is 0 Å². The molecule has 0 heterocycles. The van der Waals surface area contributed by atoms with E-state index in [1.165, 1.54) is 76.3 Å². The zero-order chi connectivity index (χ0) is 23.4. The van der Waals surface area contributed by atoms with E-state index >= 15 is 0 Å². The molecule has 0 aliphatic rings. The fourth-order valence-electron chi connectivity index (χ4n) is 3.40. The fraction of sp³-hybridized carbons (Fsp3) is 0.680. The van der Waals surface area contributed by atoms with Crippen LogP contribution in [0, 0.1) is 0 Å². The van der Waals surface area contributed by atoms with Gasteiger partial charge in [-0.05, 0) is 12.8 Å². The van der Waals surface area contributed by atoms with Gasteiger partial charge in [-0.3, -0.25) is 0 Å². The summed E-state index contributed by atoms with van der Waals surface area (Å²) in [6.45, 7) is 3.31. The molecule has 0 fully saturated rings. The number of carbonyl (C=O) groups is 2. The van der Waals surface area contributed by atoms with Crippen molar-refractivity contribution in [1.29, 1.82) is 0 Å². The molecular formula is C25H42NO5-. The predicted octanol–water partition coefficient (Wildman–Crippen LogP) is 2.69. The topological polar surface area (TPSA) is 89.5 Å². The SMILES string of the molecule is CCCCCCCCCCCC[N+](C)(C)Cc1ccccc1.O=C([O-])COCC(=O)[O-]. The van der Waals surface area contributed by atoms with Crippen LogP contribution in [0.3, 0.4) is 0 Å². The monoisotopic (exact) mass is 436 g/mol. The van der Waals surface area contributed by atoms with Crippen molar-refractivity contribution in [3.8, 4) is 0 Å². The maximum atomic E-state index is 9.53. The molecule has 0 aliphatic heterocycles. The second-order valence-corrected chi connectivity index (χ2v) is 8.72. The maximum Gasteiger partial charge on any atom is 0.104 e. The minimum atomic E-state index is -1.45. The van der Waals surface area contributed by atoms with Crippen molar-refractivity contribution < 1.29 is 29.0 Å². The summed E-state index contributed by atoms with van der Waals surface area (Å²) < 4.78 is 5.14. The lowest BCUT2D eigenvalue weighted by atomic mass is 10.1. The average Bonchev–Trinajstić information content (AvgIpc) is 2.70. The summed E-state index contributed by atoms with van der Waals surface area (Å²) in [5, 5.41) is 19.1. The molecule has 31 heavy (non-hydrogen) atoms. The number of benzene rings is 1. The quantitative estimate of drug-likeness (QED) is 0.277. The van der Waals surface area contributed by atoms with Crippen LogP contribution in [0.2, 0.25) is 0 Å². The highest BCUT2D eigenvalue weighted by Crippen LogP contribution is 2.13. The Morgan fingerprint density at radius 2 is 1.23 bits per heavy atom. The summed E-state index contributed by atoms with van der Waals surface area (Å²) in [7, 11) is 4.72. The number of carboxylic acid groups (broad SMARTS) is 2. The van der Waals surface area contributed by atoms with Crippen molar-refractivity contribution in [2.75, 3.05) is 33.9 Å². The number of aliphatic carboxylic acids is 2. The van der Waals surface area contributed by atoms with Gasteiger partial charge >= 0.3 is 0 Å². The van der Waals surface area contributed by atoms with E-state index in [0.29, 0.717) is 0 Å². The summed E-state index contributed by atoms with van der Waals surface area (Å²) >= 11 is 0. The van der Waals surface area contributed by atoms with Gasteiger partial charge in [0.1, 0.15) is 6.54 Å². The van der Waals surface area contributed by atoms with Crippen LogP contribution in [0.1, 0.15) is 76.7 Å². The third-order valence-electron chi connectivity index (χ3n) is 5.01. The highest BCUT2D eigenvalue weighted by Gasteiger charge is 2.14. The molecule has 6 nitrogen and oxygen atoms in total. The summed E-state index contributed by atoms with van der Waals surface area (Å²) in [6.07, 6.45) is 14.2. The van der Waals surface area contributed by atoms with Gasteiger partial charge in [-0.15, -0.1) is 0 Å². The van der Waals surface area contributed by atoms with Gasteiger partial charge in [0.2, 0.25) is 0 Å². The Balaban J connectivity index is 0.000000842. The number of unbranched alkanes of at least 4 members (excludes halogenated alkanes) is 9. The standard InChI is InChI=1S/C21H38N.C4H6O5/c1-4-5-6-7-8-9-10-11-12-16-19-22(2,3)20-21-17-14-13-15-18-21;5-3(6)1-9-2-4(7)8/h13-15,17-18H,4-12,16,19-20H2,1-3H3;1-2H2,(H,5,6)(H,7,8)/q+1;/p-2. The summed E-state index contributed by atoms with van der Waals surface area (Å²) in [5.41, 5.74) is 1.46. The highest BCUT2D eigenvalue weighted by molar-refractivity contribution is 5.68. The summed E-state index contributed by atoms with van der Waals surface area (Å²) in [6, 6.07) is 10.9. The van der Waals surface area contributed by atoms with Crippen LogP contribution >= 0.6 is 0 Å². The van der Waals surface area contributed by atoms with E-state index in [4.69, 9.17) is 0 Å². The van der Waals surface area contributed by atoms with Gasteiger partial charge in [-0.2, -0.15) is 0 Å². The molecule has 0 saturated heterocycles. The van der Waals surface area contributed by atoms with Crippen LogP contribution in [-0.4, -0.2) is 50.3 Å². The van der Waals surface area contributed by atoms with Gasteiger partial charge in [0.05, 0.1) is 45.8 Å². The molecule has 0 unspecified atom stereocenters. The van der Waals surface area contributed by atoms with E-state index in [-0.39, 0.29) is 0 Å². The zero-order valence-corrected chi connectivity index (χ0v) is 19.8. The molecular weight excluding hydrogens is 394 g/mol. The highest BCUT2D eigenvalue weighted by atomic mass is 16.5. The van der Waals surface area contributed by atoms with E-state index in [9.17, 15) is 19.8 Å². The summed E-state index contributed by atoms with van der Waals surface area (Å²) in [4.78, 5) is 19.1. The lowest BCUT2D eigenvalue weighted by molar-refractivity contribution is -0.903. The number of carboxylic acids is 2. The molecule has 0 saturated carbocycles. The Bertz CT molecular complexity index is 561. The van der Waals surface area contributed by atoms with E-state index in [1.807, 2.05) is 0 Å². The van der Waals surface area contributed by atoms with Crippen LogP contribution in [0.15, 0.2) is 30.3 Å². The molecule has 0 N–H and O–H groups in total. The smallest absolute Gasteiger partial charge is 0.104 e. The Morgan fingerprint density at radius 1 is 0.774 bits per heavy atom. The lowest BCUT2D eigenvalue weighted by Gasteiger charge is -2.30. The number of carbonyl (C=O) groups excluding carboxylic acids is 2. The number of quaternary nitrogens is 1. The van der Waals surface area contributed by atoms with Crippen LogP contribution < -0.4 is 10.2 Å². The number of rotatable bonds is 17. The molecule has 0 aromatic heterocycles. The third-order valence-corrected chi connectivity index (χ3v) is 5.01. The van der Waals surface area contributed by atoms with E-state index in [2.05, 4.69) is 56.1 Å². The van der Waals surface area contributed by atoms with E-state index in [1.54, 1.807) is 0 Å². The van der Waals surface area contributed by atoms with Crippen molar-refractivity contribution in [2.45, 2.75) is 77.7 Å². The molecule has 178 valence electrons.